The topological polar surface area (TPSA) is 128 Å². The van der Waals surface area contributed by atoms with Gasteiger partial charge >= 0.3 is 6.03 Å². The molecular formula is C28H26FN5O3S. The molecule has 10 heteroatoms. The van der Waals surface area contributed by atoms with Gasteiger partial charge < -0.3 is 11.1 Å². The number of rotatable bonds is 8. The second-order valence-corrected chi connectivity index (χ2v) is 10.5. The summed E-state index contributed by atoms with van der Waals surface area (Å²) in [4.78, 5) is 13.5. The number of nitrogens with two attached hydrogens (primary N) is 1. The standard InChI is InChI=1S/C28H26FN5O3S/c1-38(36,37)26-12-5-3-10-24(26)19-13-15-22(16-14-19)32-28(35)34(18-21-7-2-4-11-25(21)29)33-23-9-6-8-20(17-23)27(30)31/h2-17,33H,18H2,1H3,(H3,30,31)(H,32,35). The van der Waals surface area contributed by atoms with E-state index in [0.29, 0.717) is 33.6 Å². The van der Waals surface area contributed by atoms with Gasteiger partial charge in [0.1, 0.15) is 11.7 Å². The van der Waals surface area contributed by atoms with Gasteiger partial charge in [-0.25, -0.2) is 22.6 Å². The monoisotopic (exact) mass is 531 g/mol. The average molecular weight is 532 g/mol. The molecule has 38 heavy (non-hydrogen) atoms. The molecular weight excluding hydrogens is 505 g/mol. The van der Waals surface area contributed by atoms with Crippen LogP contribution in [0.15, 0.2) is 102 Å². The summed E-state index contributed by atoms with van der Waals surface area (Å²) in [5, 5.41) is 11.6. The molecule has 8 nitrogen and oxygen atoms in total. The molecule has 4 aromatic carbocycles. The lowest BCUT2D eigenvalue weighted by Gasteiger charge is -2.25. The molecule has 0 aromatic heterocycles. The van der Waals surface area contributed by atoms with Crippen LogP contribution < -0.4 is 16.5 Å². The first-order valence-electron chi connectivity index (χ1n) is 11.5. The Morgan fingerprint density at radius 3 is 2.29 bits per heavy atom. The lowest BCUT2D eigenvalue weighted by molar-refractivity contribution is 0.219. The highest BCUT2D eigenvalue weighted by Crippen LogP contribution is 2.28. The highest BCUT2D eigenvalue weighted by Gasteiger charge is 2.18. The van der Waals surface area contributed by atoms with Crippen molar-refractivity contribution in [3.8, 4) is 11.1 Å². The van der Waals surface area contributed by atoms with E-state index in [1.807, 2.05) is 0 Å². The Bertz CT molecular complexity index is 1590. The number of anilines is 2. The van der Waals surface area contributed by atoms with Crippen molar-refractivity contribution in [2.24, 2.45) is 5.73 Å². The molecule has 0 bridgehead atoms. The molecule has 0 saturated carbocycles. The number of amides is 2. The Labute approximate surface area is 220 Å². The molecule has 4 rings (SSSR count). The second-order valence-electron chi connectivity index (χ2n) is 8.56. The Morgan fingerprint density at radius 2 is 1.61 bits per heavy atom. The van der Waals surface area contributed by atoms with Gasteiger partial charge in [-0.2, -0.15) is 0 Å². The van der Waals surface area contributed by atoms with E-state index < -0.39 is 21.7 Å². The minimum absolute atomic E-state index is 0.0946. The van der Waals surface area contributed by atoms with Crippen molar-refractivity contribution in [3.63, 3.8) is 0 Å². The largest absolute Gasteiger partial charge is 0.384 e. The Kier molecular flexibility index (Phi) is 7.73. The van der Waals surface area contributed by atoms with Crippen LogP contribution in [0, 0.1) is 11.2 Å². The van der Waals surface area contributed by atoms with Crippen LogP contribution in [0.2, 0.25) is 0 Å². The normalized spacial score (nSPS) is 11.0. The van der Waals surface area contributed by atoms with E-state index in [0.717, 1.165) is 6.26 Å². The number of sulfone groups is 1. The predicted octanol–water partition coefficient (Wildman–Crippen LogP) is 5.24. The number of hydrazine groups is 1. The molecule has 0 aliphatic heterocycles. The van der Waals surface area contributed by atoms with E-state index in [1.165, 1.54) is 11.1 Å². The highest BCUT2D eigenvalue weighted by molar-refractivity contribution is 7.90. The number of nitrogens with one attached hydrogen (secondary N) is 3. The van der Waals surface area contributed by atoms with Gasteiger partial charge in [0.05, 0.1) is 17.1 Å². The number of amidine groups is 1. The summed E-state index contributed by atoms with van der Waals surface area (Å²) in [7, 11) is -3.43. The fraction of sp³-hybridized carbons (Fsp3) is 0.0714. The lowest BCUT2D eigenvalue weighted by atomic mass is 10.1. The van der Waals surface area contributed by atoms with Crippen molar-refractivity contribution in [2.75, 3.05) is 17.0 Å². The van der Waals surface area contributed by atoms with Crippen LogP contribution in [0.3, 0.4) is 0 Å². The summed E-state index contributed by atoms with van der Waals surface area (Å²) in [5.74, 6) is -0.588. The lowest BCUT2D eigenvalue weighted by Crippen LogP contribution is -2.39. The number of benzene rings is 4. The van der Waals surface area contributed by atoms with Crippen molar-refractivity contribution in [1.29, 1.82) is 5.41 Å². The molecule has 0 atom stereocenters. The van der Waals surface area contributed by atoms with Crippen LogP contribution >= 0.6 is 0 Å². The van der Waals surface area contributed by atoms with Crippen molar-refractivity contribution >= 4 is 33.1 Å². The van der Waals surface area contributed by atoms with E-state index in [2.05, 4.69) is 10.7 Å². The number of carbonyl (C=O) groups excluding carboxylic acids is 1. The summed E-state index contributed by atoms with van der Waals surface area (Å²) < 4.78 is 38.8. The Morgan fingerprint density at radius 1 is 0.921 bits per heavy atom. The highest BCUT2D eigenvalue weighted by atomic mass is 32.2. The molecule has 0 saturated heterocycles. The second kappa shape index (κ2) is 11.1. The maximum Gasteiger partial charge on any atom is 0.340 e. The van der Waals surface area contributed by atoms with Crippen molar-refractivity contribution in [3.05, 3.63) is 114 Å². The van der Waals surface area contributed by atoms with Crippen molar-refractivity contribution in [1.82, 2.24) is 5.01 Å². The van der Waals surface area contributed by atoms with Gasteiger partial charge in [-0.3, -0.25) is 10.8 Å². The number of hydrogen-bond acceptors (Lipinski definition) is 5. The predicted molar refractivity (Wildman–Crippen MR) is 147 cm³/mol. The molecule has 2 amide bonds. The van der Waals surface area contributed by atoms with Crippen LogP contribution in [0.1, 0.15) is 11.1 Å². The van der Waals surface area contributed by atoms with Crippen molar-refractivity contribution < 1.29 is 17.6 Å². The average Bonchev–Trinajstić information content (AvgIpc) is 2.89. The van der Waals surface area contributed by atoms with Gasteiger partial charge in [0, 0.05) is 28.6 Å². The number of nitrogen functional groups attached to an aromatic ring is 1. The summed E-state index contributed by atoms with van der Waals surface area (Å²) in [6.45, 7) is -0.0946. The molecule has 4 aromatic rings. The number of urea groups is 1. The number of carbonyl (C=O) groups is 1. The van der Waals surface area contributed by atoms with Crippen LogP contribution in [0.5, 0.6) is 0 Å². The number of hydrogen-bond donors (Lipinski definition) is 4. The minimum Gasteiger partial charge on any atom is -0.384 e. The summed E-state index contributed by atoms with van der Waals surface area (Å²) in [5.41, 5.74) is 11.5. The van der Waals surface area contributed by atoms with E-state index in [1.54, 1.807) is 91.0 Å². The quantitative estimate of drug-likeness (QED) is 0.140. The molecule has 194 valence electrons. The number of nitrogens with zero attached hydrogens (tertiary/aromatic N) is 1. The maximum absolute atomic E-state index is 14.4. The van der Waals surface area contributed by atoms with Crippen molar-refractivity contribution in [2.45, 2.75) is 11.4 Å². The third-order valence-corrected chi connectivity index (χ3v) is 6.86. The van der Waals surface area contributed by atoms with E-state index in [-0.39, 0.29) is 17.3 Å². The van der Waals surface area contributed by atoms with Crippen LogP contribution in [-0.2, 0) is 16.4 Å². The Hall–Kier alpha value is -4.70. The van der Waals surface area contributed by atoms with Crippen LogP contribution in [0.4, 0.5) is 20.6 Å². The zero-order valence-corrected chi connectivity index (χ0v) is 21.3. The smallest absolute Gasteiger partial charge is 0.340 e. The fourth-order valence-electron chi connectivity index (χ4n) is 3.82. The van der Waals surface area contributed by atoms with E-state index >= 15 is 0 Å². The van der Waals surface area contributed by atoms with E-state index in [9.17, 15) is 17.6 Å². The van der Waals surface area contributed by atoms with Gasteiger partial charge in [0.15, 0.2) is 9.84 Å². The van der Waals surface area contributed by atoms with Crippen LogP contribution in [0.25, 0.3) is 11.1 Å². The summed E-state index contributed by atoms with van der Waals surface area (Å²) in [6, 6.07) is 25.7. The molecule has 0 aliphatic carbocycles. The first-order valence-corrected chi connectivity index (χ1v) is 13.4. The number of halogens is 1. The minimum atomic E-state index is -3.43. The third-order valence-electron chi connectivity index (χ3n) is 5.70. The fourth-order valence-corrected chi connectivity index (χ4v) is 4.73. The first kappa shape index (κ1) is 26.4. The zero-order chi connectivity index (χ0) is 27.3. The van der Waals surface area contributed by atoms with Gasteiger partial charge in [0.2, 0.25) is 0 Å². The van der Waals surface area contributed by atoms with Gasteiger partial charge in [-0.05, 0) is 42.0 Å². The molecule has 0 fully saturated rings. The Balaban J connectivity index is 1.58. The van der Waals surface area contributed by atoms with E-state index in [4.69, 9.17) is 11.1 Å². The molecule has 0 aliphatic rings. The van der Waals surface area contributed by atoms with Gasteiger partial charge in [-0.15, -0.1) is 0 Å². The summed E-state index contributed by atoms with van der Waals surface area (Å²) >= 11 is 0. The maximum atomic E-state index is 14.4. The molecule has 5 N–H and O–H groups in total. The SMILES string of the molecule is CS(=O)(=O)c1ccccc1-c1ccc(NC(=O)N(Cc2ccccc2F)Nc2cccc(C(=N)N)c2)cc1. The first-order chi connectivity index (χ1) is 18.1. The zero-order valence-electron chi connectivity index (χ0n) is 20.5. The molecule has 0 radical (unpaired) electrons. The molecule has 0 heterocycles. The summed E-state index contributed by atoms with van der Waals surface area (Å²) in [6.07, 6.45) is 1.16. The van der Waals surface area contributed by atoms with Crippen LogP contribution in [-0.4, -0.2) is 31.5 Å². The molecule has 0 spiro atoms. The van der Waals surface area contributed by atoms with Gasteiger partial charge in [0.25, 0.3) is 0 Å². The third kappa shape index (κ3) is 6.34. The van der Waals surface area contributed by atoms with Gasteiger partial charge in [-0.1, -0.05) is 60.7 Å². The molecule has 0 unspecified atom stereocenters.